The lowest BCUT2D eigenvalue weighted by Gasteiger charge is -2.34. The third kappa shape index (κ3) is 2.62. The Morgan fingerprint density at radius 3 is 2.45 bits per heavy atom. The monoisotopic (exact) mass is 268 g/mol. The van der Waals surface area contributed by atoms with Crippen LogP contribution in [0.3, 0.4) is 0 Å². The zero-order chi connectivity index (χ0) is 13.8. The van der Waals surface area contributed by atoms with Gasteiger partial charge in [0, 0.05) is 25.5 Å². The summed E-state index contributed by atoms with van der Waals surface area (Å²) in [5.74, 6) is 1.62. The minimum atomic E-state index is 0.656. The zero-order valence-corrected chi connectivity index (χ0v) is 11.8. The van der Waals surface area contributed by atoms with Gasteiger partial charge in [-0.1, -0.05) is 12.1 Å². The molecule has 1 aromatic heterocycles. The molecule has 3 heteroatoms. The topological polar surface area (TPSA) is 25.4 Å². The van der Waals surface area contributed by atoms with E-state index >= 15 is 0 Å². The number of anilines is 1. The van der Waals surface area contributed by atoms with Crippen molar-refractivity contribution in [1.29, 1.82) is 0 Å². The standard InChI is InChI=1S/C17H20N2O/c1-20-17-5-3-2-4-16(17)19-12-8-15(9-13-19)14-6-10-18-11-7-14/h2-7,10-11,15H,8-9,12-13H2,1H3. The van der Waals surface area contributed by atoms with E-state index in [1.165, 1.54) is 24.1 Å². The van der Waals surface area contributed by atoms with Crippen LogP contribution in [0.1, 0.15) is 24.3 Å². The molecule has 20 heavy (non-hydrogen) atoms. The first kappa shape index (κ1) is 13.0. The highest BCUT2D eigenvalue weighted by atomic mass is 16.5. The number of ether oxygens (including phenoxy) is 1. The zero-order valence-electron chi connectivity index (χ0n) is 11.8. The van der Waals surface area contributed by atoms with E-state index in [1.807, 2.05) is 24.5 Å². The van der Waals surface area contributed by atoms with E-state index in [0.29, 0.717) is 5.92 Å². The highest BCUT2D eigenvalue weighted by Gasteiger charge is 2.22. The molecule has 0 spiro atoms. The first-order valence-electron chi connectivity index (χ1n) is 7.16. The fourth-order valence-electron chi connectivity index (χ4n) is 2.98. The summed E-state index contributed by atoms with van der Waals surface area (Å²) in [5, 5.41) is 0. The summed E-state index contributed by atoms with van der Waals surface area (Å²) >= 11 is 0. The molecule has 0 saturated carbocycles. The van der Waals surface area contributed by atoms with Gasteiger partial charge in [-0.25, -0.2) is 0 Å². The average molecular weight is 268 g/mol. The van der Waals surface area contributed by atoms with Crippen molar-refractivity contribution in [3.05, 3.63) is 54.4 Å². The first-order chi connectivity index (χ1) is 9.88. The number of aromatic nitrogens is 1. The predicted octanol–water partition coefficient (Wildman–Crippen LogP) is 3.47. The average Bonchev–Trinajstić information content (AvgIpc) is 2.56. The Morgan fingerprint density at radius 1 is 1.05 bits per heavy atom. The largest absolute Gasteiger partial charge is 0.495 e. The summed E-state index contributed by atoms with van der Waals surface area (Å²) in [6.45, 7) is 2.15. The van der Waals surface area contributed by atoms with E-state index in [4.69, 9.17) is 4.74 Å². The van der Waals surface area contributed by atoms with Crippen LogP contribution in [0.4, 0.5) is 5.69 Å². The highest BCUT2D eigenvalue weighted by molar-refractivity contribution is 5.58. The second-order valence-electron chi connectivity index (χ2n) is 5.21. The molecule has 0 radical (unpaired) electrons. The lowest BCUT2D eigenvalue weighted by atomic mass is 9.90. The Morgan fingerprint density at radius 2 is 1.75 bits per heavy atom. The van der Waals surface area contributed by atoms with Crippen LogP contribution in [-0.4, -0.2) is 25.2 Å². The van der Waals surface area contributed by atoms with Gasteiger partial charge in [-0.05, 0) is 48.6 Å². The van der Waals surface area contributed by atoms with Crippen molar-refractivity contribution in [2.24, 2.45) is 0 Å². The lowest BCUT2D eigenvalue weighted by molar-refractivity contribution is 0.411. The molecule has 0 aliphatic carbocycles. The molecule has 0 amide bonds. The highest BCUT2D eigenvalue weighted by Crippen LogP contribution is 2.34. The third-order valence-corrected chi connectivity index (χ3v) is 4.10. The van der Waals surface area contributed by atoms with Gasteiger partial charge in [-0.15, -0.1) is 0 Å². The number of hydrogen-bond acceptors (Lipinski definition) is 3. The Labute approximate surface area is 120 Å². The molecular weight excluding hydrogens is 248 g/mol. The van der Waals surface area contributed by atoms with Crippen LogP contribution in [0.5, 0.6) is 5.75 Å². The van der Waals surface area contributed by atoms with E-state index in [2.05, 4.69) is 34.1 Å². The van der Waals surface area contributed by atoms with E-state index in [1.54, 1.807) is 7.11 Å². The molecular formula is C17H20N2O. The molecule has 3 rings (SSSR count). The Balaban J connectivity index is 1.70. The van der Waals surface area contributed by atoms with Crippen LogP contribution in [0.15, 0.2) is 48.8 Å². The molecule has 2 aromatic rings. The van der Waals surface area contributed by atoms with Crippen LogP contribution < -0.4 is 9.64 Å². The van der Waals surface area contributed by atoms with Crippen molar-refractivity contribution in [3.63, 3.8) is 0 Å². The molecule has 2 heterocycles. The van der Waals surface area contributed by atoms with E-state index in [0.717, 1.165) is 18.8 Å². The SMILES string of the molecule is COc1ccccc1N1CCC(c2ccncc2)CC1. The van der Waals surface area contributed by atoms with Crippen molar-refractivity contribution in [2.75, 3.05) is 25.1 Å². The molecule has 1 aliphatic heterocycles. The summed E-state index contributed by atoms with van der Waals surface area (Å²) in [4.78, 5) is 6.53. The normalized spacial score (nSPS) is 16.1. The molecule has 1 fully saturated rings. The fraction of sp³-hybridized carbons (Fsp3) is 0.353. The maximum Gasteiger partial charge on any atom is 0.142 e. The van der Waals surface area contributed by atoms with Crippen LogP contribution in [0.2, 0.25) is 0 Å². The minimum Gasteiger partial charge on any atom is -0.495 e. The van der Waals surface area contributed by atoms with Gasteiger partial charge in [-0.2, -0.15) is 0 Å². The van der Waals surface area contributed by atoms with Gasteiger partial charge >= 0.3 is 0 Å². The maximum absolute atomic E-state index is 5.46. The molecule has 1 aliphatic rings. The fourth-order valence-corrected chi connectivity index (χ4v) is 2.98. The van der Waals surface area contributed by atoms with Gasteiger partial charge in [0.15, 0.2) is 0 Å². The molecule has 104 valence electrons. The number of rotatable bonds is 3. The van der Waals surface area contributed by atoms with Crippen LogP contribution in [0, 0.1) is 0 Å². The maximum atomic E-state index is 5.46. The number of hydrogen-bond donors (Lipinski definition) is 0. The number of methoxy groups -OCH3 is 1. The van der Waals surface area contributed by atoms with Gasteiger partial charge in [0.05, 0.1) is 12.8 Å². The van der Waals surface area contributed by atoms with Crippen molar-refractivity contribution in [3.8, 4) is 5.75 Å². The van der Waals surface area contributed by atoms with Crippen molar-refractivity contribution >= 4 is 5.69 Å². The Bertz CT molecular complexity index is 548. The smallest absolute Gasteiger partial charge is 0.142 e. The van der Waals surface area contributed by atoms with Crippen molar-refractivity contribution in [2.45, 2.75) is 18.8 Å². The quantitative estimate of drug-likeness (QED) is 0.852. The van der Waals surface area contributed by atoms with Gasteiger partial charge < -0.3 is 9.64 Å². The van der Waals surface area contributed by atoms with Crippen LogP contribution in [-0.2, 0) is 0 Å². The summed E-state index contributed by atoms with van der Waals surface area (Å²) in [5.41, 5.74) is 2.63. The Kier molecular flexibility index (Phi) is 3.86. The Hall–Kier alpha value is -2.03. The van der Waals surface area contributed by atoms with Crippen molar-refractivity contribution < 1.29 is 4.74 Å². The summed E-state index contributed by atoms with van der Waals surface area (Å²) in [6, 6.07) is 12.6. The van der Waals surface area contributed by atoms with Crippen LogP contribution in [0.25, 0.3) is 0 Å². The molecule has 1 aromatic carbocycles. The molecule has 0 N–H and O–H groups in total. The summed E-state index contributed by atoms with van der Waals surface area (Å²) in [7, 11) is 1.74. The molecule has 0 unspecified atom stereocenters. The van der Waals surface area contributed by atoms with Crippen LogP contribution >= 0.6 is 0 Å². The van der Waals surface area contributed by atoms with Gasteiger partial charge in [0.25, 0.3) is 0 Å². The predicted molar refractivity (Wildman–Crippen MR) is 81.4 cm³/mol. The van der Waals surface area contributed by atoms with E-state index in [9.17, 15) is 0 Å². The minimum absolute atomic E-state index is 0.656. The summed E-state index contributed by atoms with van der Waals surface area (Å²) < 4.78 is 5.46. The first-order valence-corrected chi connectivity index (χ1v) is 7.16. The van der Waals surface area contributed by atoms with Gasteiger partial charge in [0.1, 0.15) is 5.75 Å². The van der Waals surface area contributed by atoms with E-state index < -0.39 is 0 Å². The molecule has 0 bridgehead atoms. The second kappa shape index (κ2) is 5.95. The number of nitrogens with zero attached hydrogens (tertiary/aromatic N) is 2. The molecule has 0 atom stereocenters. The lowest BCUT2D eigenvalue weighted by Crippen LogP contribution is -2.33. The number of benzene rings is 1. The van der Waals surface area contributed by atoms with Gasteiger partial charge in [0.2, 0.25) is 0 Å². The van der Waals surface area contributed by atoms with Gasteiger partial charge in [-0.3, -0.25) is 4.98 Å². The molecule has 3 nitrogen and oxygen atoms in total. The summed E-state index contributed by atoms with van der Waals surface area (Å²) in [6.07, 6.45) is 6.15. The second-order valence-corrected chi connectivity index (χ2v) is 5.21. The number of para-hydroxylation sites is 2. The van der Waals surface area contributed by atoms with E-state index in [-0.39, 0.29) is 0 Å². The number of piperidine rings is 1. The third-order valence-electron chi connectivity index (χ3n) is 4.10. The van der Waals surface area contributed by atoms with Crippen molar-refractivity contribution in [1.82, 2.24) is 4.98 Å². The molecule has 1 saturated heterocycles. The number of pyridine rings is 1.